The van der Waals surface area contributed by atoms with E-state index in [1.54, 1.807) is 29.2 Å². The standard InChI is InChI=1S/C33H36N2O5/c1-5-21-39-27-17-18-28(23(4)22-27)31(36)29-30(35(33(38)32(29)37)20-19-34(6-2)7-3)24-13-15-26(16-14-24)40-25-11-9-8-10-12-25/h5,8-18,22,30,36H,1,6-7,19-21H2,2-4H3. The van der Waals surface area contributed by atoms with Crippen LogP contribution in [-0.4, -0.2) is 59.4 Å². The molecule has 1 fully saturated rings. The lowest BCUT2D eigenvalue weighted by Crippen LogP contribution is -2.38. The summed E-state index contributed by atoms with van der Waals surface area (Å²) in [6.45, 7) is 12.6. The number of ketones is 1. The molecular weight excluding hydrogens is 504 g/mol. The summed E-state index contributed by atoms with van der Waals surface area (Å²) >= 11 is 0. The zero-order chi connectivity index (χ0) is 28.6. The second-order valence-electron chi connectivity index (χ2n) is 9.58. The Morgan fingerprint density at radius 3 is 2.25 bits per heavy atom. The molecule has 208 valence electrons. The molecule has 0 spiro atoms. The Kier molecular flexibility index (Phi) is 9.40. The maximum Gasteiger partial charge on any atom is 0.295 e. The lowest BCUT2D eigenvalue weighted by atomic mass is 9.94. The minimum absolute atomic E-state index is 0.0733. The average molecular weight is 541 g/mol. The van der Waals surface area contributed by atoms with Crippen LogP contribution in [0, 0.1) is 6.92 Å². The molecule has 1 N–H and O–H groups in total. The van der Waals surface area contributed by atoms with Gasteiger partial charge in [-0.25, -0.2) is 0 Å². The zero-order valence-electron chi connectivity index (χ0n) is 23.3. The Hall–Kier alpha value is -4.36. The molecule has 0 bridgehead atoms. The highest BCUT2D eigenvalue weighted by Crippen LogP contribution is 2.40. The number of hydrogen-bond acceptors (Lipinski definition) is 6. The van der Waals surface area contributed by atoms with Crippen molar-refractivity contribution in [3.63, 3.8) is 0 Å². The van der Waals surface area contributed by atoms with Gasteiger partial charge in [-0.15, -0.1) is 0 Å². The molecule has 3 aromatic rings. The van der Waals surface area contributed by atoms with Crippen molar-refractivity contribution in [1.82, 2.24) is 9.80 Å². The average Bonchev–Trinajstić information content (AvgIpc) is 3.22. The topological polar surface area (TPSA) is 79.3 Å². The number of ether oxygens (including phenoxy) is 2. The molecule has 0 aromatic heterocycles. The quantitative estimate of drug-likeness (QED) is 0.129. The Bertz CT molecular complexity index is 1380. The van der Waals surface area contributed by atoms with Gasteiger partial charge in [0.2, 0.25) is 0 Å². The molecule has 7 nitrogen and oxygen atoms in total. The molecular formula is C33H36N2O5. The maximum absolute atomic E-state index is 13.4. The van der Waals surface area contributed by atoms with E-state index in [1.165, 1.54) is 0 Å². The normalized spacial score (nSPS) is 16.4. The van der Waals surface area contributed by atoms with E-state index in [1.807, 2.05) is 61.5 Å². The van der Waals surface area contributed by atoms with Gasteiger partial charge >= 0.3 is 0 Å². The summed E-state index contributed by atoms with van der Waals surface area (Å²) in [5, 5.41) is 11.5. The molecule has 1 unspecified atom stereocenters. The molecule has 1 atom stereocenters. The second kappa shape index (κ2) is 13.1. The van der Waals surface area contributed by atoms with Crippen molar-refractivity contribution in [2.24, 2.45) is 0 Å². The minimum atomic E-state index is -0.738. The van der Waals surface area contributed by atoms with Crippen LogP contribution in [0.25, 0.3) is 5.76 Å². The number of hydrogen-bond donors (Lipinski definition) is 1. The van der Waals surface area contributed by atoms with Crippen molar-refractivity contribution in [3.8, 4) is 17.2 Å². The number of aliphatic hydroxyl groups is 1. The van der Waals surface area contributed by atoms with E-state index in [0.29, 0.717) is 48.1 Å². The summed E-state index contributed by atoms with van der Waals surface area (Å²) in [5.41, 5.74) is 1.98. The molecule has 1 heterocycles. The molecule has 4 rings (SSSR count). The number of rotatable bonds is 12. The van der Waals surface area contributed by atoms with Crippen LogP contribution in [0.5, 0.6) is 17.2 Å². The molecule has 1 aliphatic rings. The van der Waals surface area contributed by atoms with Crippen molar-refractivity contribution in [1.29, 1.82) is 0 Å². The van der Waals surface area contributed by atoms with Crippen LogP contribution in [0.3, 0.4) is 0 Å². The first-order valence-corrected chi connectivity index (χ1v) is 13.6. The van der Waals surface area contributed by atoms with Gasteiger partial charge in [-0.05, 0) is 73.6 Å². The number of carbonyl (C=O) groups excluding carboxylic acids is 2. The zero-order valence-corrected chi connectivity index (χ0v) is 23.3. The molecule has 40 heavy (non-hydrogen) atoms. The molecule has 0 radical (unpaired) electrons. The van der Waals surface area contributed by atoms with E-state index in [2.05, 4.69) is 25.3 Å². The van der Waals surface area contributed by atoms with Gasteiger partial charge in [0.05, 0.1) is 11.6 Å². The number of aryl methyl sites for hydroxylation is 1. The first-order valence-electron chi connectivity index (χ1n) is 13.6. The number of likely N-dealkylation sites (N-methyl/N-ethyl adjacent to an activating group) is 1. The van der Waals surface area contributed by atoms with Gasteiger partial charge in [-0.1, -0.05) is 56.8 Å². The molecule has 3 aromatic carbocycles. The fraction of sp³-hybridized carbons (Fsp3) is 0.273. The summed E-state index contributed by atoms with van der Waals surface area (Å²) in [6.07, 6.45) is 1.65. The number of nitrogens with zero attached hydrogens (tertiary/aromatic N) is 2. The first-order chi connectivity index (χ1) is 19.4. The highest BCUT2D eigenvalue weighted by atomic mass is 16.5. The Morgan fingerprint density at radius 1 is 0.975 bits per heavy atom. The third kappa shape index (κ3) is 6.26. The third-order valence-electron chi connectivity index (χ3n) is 7.09. The van der Waals surface area contributed by atoms with Gasteiger partial charge in [-0.3, -0.25) is 9.59 Å². The van der Waals surface area contributed by atoms with Gasteiger partial charge in [-0.2, -0.15) is 0 Å². The molecule has 0 aliphatic carbocycles. The summed E-state index contributed by atoms with van der Waals surface area (Å²) in [5.74, 6) is 0.438. The molecule has 7 heteroatoms. The third-order valence-corrected chi connectivity index (χ3v) is 7.09. The predicted octanol–water partition coefficient (Wildman–Crippen LogP) is 6.12. The predicted molar refractivity (Wildman–Crippen MR) is 157 cm³/mol. The van der Waals surface area contributed by atoms with E-state index in [9.17, 15) is 14.7 Å². The highest BCUT2D eigenvalue weighted by molar-refractivity contribution is 6.46. The van der Waals surface area contributed by atoms with Crippen LogP contribution in [-0.2, 0) is 9.59 Å². The Morgan fingerprint density at radius 2 is 1.62 bits per heavy atom. The van der Waals surface area contributed by atoms with Crippen LogP contribution in [0.1, 0.15) is 36.6 Å². The van der Waals surface area contributed by atoms with E-state index < -0.39 is 17.7 Å². The number of benzene rings is 3. The lowest BCUT2D eigenvalue weighted by molar-refractivity contribution is -0.140. The number of Topliss-reactive ketones (excluding diaryl/α,β-unsaturated/α-hetero) is 1. The number of amides is 1. The smallest absolute Gasteiger partial charge is 0.295 e. The number of aliphatic hydroxyl groups excluding tert-OH is 1. The van der Waals surface area contributed by atoms with E-state index in [-0.39, 0.29) is 11.3 Å². The van der Waals surface area contributed by atoms with E-state index in [0.717, 1.165) is 18.7 Å². The monoisotopic (exact) mass is 540 g/mol. The largest absolute Gasteiger partial charge is 0.507 e. The van der Waals surface area contributed by atoms with Crippen molar-refractivity contribution in [2.75, 3.05) is 32.8 Å². The minimum Gasteiger partial charge on any atom is -0.507 e. The van der Waals surface area contributed by atoms with E-state index >= 15 is 0 Å². The molecule has 0 saturated carbocycles. The van der Waals surface area contributed by atoms with Crippen LogP contribution < -0.4 is 9.47 Å². The van der Waals surface area contributed by atoms with Gasteiger partial charge in [0.15, 0.2) is 0 Å². The summed E-state index contributed by atoms with van der Waals surface area (Å²) in [7, 11) is 0. The Labute approximate surface area is 235 Å². The van der Waals surface area contributed by atoms with Crippen molar-refractivity contribution in [2.45, 2.75) is 26.8 Å². The van der Waals surface area contributed by atoms with E-state index in [4.69, 9.17) is 9.47 Å². The number of para-hydroxylation sites is 1. The summed E-state index contributed by atoms with van der Waals surface area (Å²) in [4.78, 5) is 30.6. The fourth-order valence-electron chi connectivity index (χ4n) is 4.88. The SMILES string of the molecule is C=CCOc1ccc(C(O)=C2C(=O)C(=O)N(CCN(CC)CC)C2c2ccc(Oc3ccccc3)cc2)c(C)c1. The number of carbonyl (C=O) groups is 2. The van der Waals surface area contributed by atoms with Gasteiger partial charge in [0, 0.05) is 18.7 Å². The second-order valence-corrected chi connectivity index (χ2v) is 9.58. The molecule has 1 amide bonds. The summed E-state index contributed by atoms with van der Waals surface area (Å²) in [6, 6.07) is 21.2. The van der Waals surface area contributed by atoms with Crippen molar-refractivity contribution < 1.29 is 24.2 Å². The molecule has 1 saturated heterocycles. The lowest BCUT2D eigenvalue weighted by Gasteiger charge is -2.28. The van der Waals surface area contributed by atoms with Gasteiger partial charge < -0.3 is 24.4 Å². The van der Waals surface area contributed by atoms with Gasteiger partial charge in [0.25, 0.3) is 11.7 Å². The fourth-order valence-corrected chi connectivity index (χ4v) is 4.88. The van der Waals surface area contributed by atoms with Crippen LogP contribution in [0.4, 0.5) is 0 Å². The van der Waals surface area contributed by atoms with Crippen molar-refractivity contribution >= 4 is 17.4 Å². The van der Waals surface area contributed by atoms with Crippen LogP contribution >= 0.6 is 0 Å². The first kappa shape index (κ1) is 28.6. The Balaban J connectivity index is 1.74. The van der Waals surface area contributed by atoms with Crippen LogP contribution in [0.2, 0.25) is 0 Å². The van der Waals surface area contributed by atoms with Crippen molar-refractivity contribution in [3.05, 3.63) is 108 Å². The molecule has 1 aliphatic heterocycles. The van der Waals surface area contributed by atoms with Crippen LogP contribution in [0.15, 0.2) is 91.0 Å². The van der Waals surface area contributed by atoms with Gasteiger partial charge in [0.1, 0.15) is 29.6 Å². The number of likely N-dealkylation sites (tertiary alicyclic amines) is 1. The maximum atomic E-state index is 13.4. The highest BCUT2D eigenvalue weighted by Gasteiger charge is 2.46. The summed E-state index contributed by atoms with van der Waals surface area (Å²) < 4.78 is 11.5.